The molecule has 0 saturated carbocycles. The highest BCUT2D eigenvalue weighted by Crippen LogP contribution is 2.20. The SMILES string of the molecule is Cc1cc(C)cc(Cc2noc(-c3nonc3N)n2)c1. The fourth-order valence-electron chi connectivity index (χ4n) is 2.12. The van der Waals surface area contributed by atoms with Crippen LogP contribution in [0.2, 0.25) is 0 Å². The molecule has 2 aromatic heterocycles. The zero-order chi connectivity index (χ0) is 14.1. The summed E-state index contributed by atoms with van der Waals surface area (Å²) in [4.78, 5) is 4.25. The molecule has 0 saturated heterocycles. The van der Waals surface area contributed by atoms with Gasteiger partial charge in [0.15, 0.2) is 5.82 Å². The van der Waals surface area contributed by atoms with E-state index in [4.69, 9.17) is 10.3 Å². The maximum Gasteiger partial charge on any atom is 0.284 e. The monoisotopic (exact) mass is 271 g/mol. The number of nitrogen functional groups attached to an aromatic ring is 1. The van der Waals surface area contributed by atoms with Gasteiger partial charge in [-0.1, -0.05) is 34.5 Å². The van der Waals surface area contributed by atoms with Crippen LogP contribution in [0.5, 0.6) is 0 Å². The van der Waals surface area contributed by atoms with Crippen LogP contribution in [-0.4, -0.2) is 20.5 Å². The molecule has 0 aliphatic rings. The molecule has 7 nitrogen and oxygen atoms in total. The number of rotatable bonds is 3. The van der Waals surface area contributed by atoms with Gasteiger partial charge in [-0.05, 0) is 29.7 Å². The Morgan fingerprint density at radius 2 is 1.80 bits per heavy atom. The first-order chi connectivity index (χ1) is 9.61. The van der Waals surface area contributed by atoms with E-state index in [0.29, 0.717) is 12.2 Å². The number of anilines is 1. The lowest BCUT2D eigenvalue weighted by atomic mass is 10.1. The van der Waals surface area contributed by atoms with Crippen molar-refractivity contribution in [3.63, 3.8) is 0 Å². The molecular formula is C13H13N5O2. The molecule has 1 aromatic carbocycles. The van der Waals surface area contributed by atoms with Gasteiger partial charge in [0.05, 0.1) is 0 Å². The van der Waals surface area contributed by atoms with E-state index in [9.17, 15) is 0 Å². The molecule has 2 heterocycles. The van der Waals surface area contributed by atoms with E-state index >= 15 is 0 Å². The van der Waals surface area contributed by atoms with Crippen LogP contribution in [0.15, 0.2) is 27.4 Å². The zero-order valence-corrected chi connectivity index (χ0v) is 11.1. The molecule has 20 heavy (non-hydrogen) atoms. The van der Waals surface area contributed by atoms with Gasteiger partial charge in [0.25, 0.3) is 5.89 Å². The normalized spacial score (nSPS) is 10.9. The zero-order valence-electron chi connectivity index (χ0n) is 11.1. The Labute approximate surface area is 114 Å². The first-order valence-corrected chi connectivity index (χ1v) is 6.10. The van der Waals surface area contributed by atoms with Crippen molar-refractivity contribution in [2.45, 2.75) is 20.3 Å². The Balaban J connectivity index is 1.86. The molecular weight excluding hydrogens is 258 g/mol. The molecule has 102 valence electrons. The second kappa shape index (κ2) is 4.76. The summed E-state index contributed by atoms with van der Waals surface area (Å²) in [6, 6.07) is 6.30. The topological polar surface area (TPSA) is 104 Å². The van der Waals surface area contributed by atoms with Gasteiger partial charge < -0.3 is 10.3 Å². The summed E-state index contributed by atoms with van der Waals surface area (Å²) in [5, 5.41) is 11.0. The van der Waals surface area contributed by atoms with E-state index in [1.165, 1.54) is 11.1 Å². The van der Waals surface area contributed by atoms with Crippen molar-refractivity contribution in [2.24, 2.45) is 0 Å². The fourth-order valence-corrected chi connectivity index (χ4v) is 2.12. The van der Waals surface area contributed by atoms with Crippen LogP contribution >= 0.6 is 0 Å². The Morgan fingerprint density at radius 3 is 2.45 bits per heavy atom. The van der Waals surface area contributed by atoms with Crippen molar-refractivity contribution < 1.29 is 9.15 Å². The number of nitrogens with zero attached hydrogens (tertiary/aromatic N) is 4. The molecule has 0 radical (unpaired) electrons. The molecule has 0 aliphatic heterocycles. The van der Waals surface area contributed by atoms with Gasteiger partial charge in [-0.2, -0.15) is 4.98 Å². The molecule has 0 aliphatic carbocycles. The molecule has 3 aromatic rings. The van der Waals surface area contributed by atoms with E-state index in [-0.39, 0.29) is 17.4 Å². The number of benzene rings is 1. The molecule has 0 atom stereocenters. The second-order valence-electron chi connectivity index (χ2n) is 4.69. The van der Waals surface area contributed by atoms with Gasteiger partial charge in [-0.15, -0.1) is 0 Å². The minimum absolute atomic E-state index is 0.131. The summed E-state index contributed by atoms with van der Waals surface area (Å²) >= 11 is 0. The van der Waals surface area contributed by atoms with Crippen LogP contribution in [0.3, 0.4) is 0 Å². The van der Waals surface area contributed by atoms with Crippen LogP contribution in [0.1, 0.15) is 22.5 Å². The first-order valence-electron chi connectivity index (χ1n) is 6.10. The number of hydrogen-bond donors (Lipinski definition) is 1. The van der Waals surface area contributed by atoms with E-state index in [2.05, 4.69) is 57.1 Å². The number of hydrogen-bond acceptors (Lipinski definition) is 7. The summed E-state index contributed by atoms with van der Waals surface area (Å²) in [5.41, 5.74) is 9.38. The fraction of sp³-hybridized carbons (Fsp3) is 0.231. The molecule has 0 bridgehead atoms. The molecule has 0 spiro atoms. The first kappa shape index (κ1) is 12.3. The number of aromatic nitrogens is 4. The lowest BCUT2D eigenvalue weighted by Gasteiger charge is -2.01. The third kappa shape index (κ3) is 2.37. The molecule has 7 heteroatoms. The van der Waals surface area contributed by atoms with Crippen molar-refractivity contribution >= 4 is 5.82 Å². The molecule has 0 unspecified atom stereocenters. The highest BCUT2D eigenvalue weighted by molar-refractivity contribution is 5.60. The lowest BCUT2D eigenvalue weighted by molar-refractivity contribution is 0.308. The maximum absolute atomic E-state index is 5.58. The van der Waals surface area contributed by atoms with Gasteiger partial charge in [0.1, 0.15) is 0 Å². The van der Waals surface area contributed by atoms with Gasteiger partial charge in [0.2, 0.25) is 11.5 Å². The number of nitrogens with two attached hydrogens (primary N) is 1. The highest BCUT2D eigenvalue weighted by Gasteiger charge is 2.17. The minimum Gasteiger partial charge on any atom is -0.379 e. The summed E-state index contributed by atoms with van der Waals surface area (Å²) < 4.78 is 9.62. The van der Waals surface area contributed by atoms with Crippen molar-refractivity contribution in [2.75, 3.05) is 5.73 Å². The summed E-state index contributed by atoms with van der Waals surface area (Å²) in [7, 11) is 0. The Hall–Kier alpha value is -2.70. The predicted molar refractivity (Wildman–Crippen MR) is 70.7 cm³/mol. The highest BCUT2D eigenvalue weighted by atomic mass is 16.6. The minimum atomic E-state index is 0.131. The predicted octanol–water partition coefficient (Wildman–Crippen LogP) is 1.91. The van der Waals surface area contributed by atoms with Crippen LogP contribution in [-0.2, 0) is 6.42 Å². The smallest absolute Gasteiger partial charge is 0.284 e. The van der Waals surface area contributed by atoms with Crippen molar-refractivity contribution in [1.29, 1.82) is 0 Å². The molecule has 0 fully saturated rings. The van der Waals surface area contributed by atoms with Crippen LogP contribution in [0.4, 0.5) is 5.82 Å². The summed E-state index contributed by atoms with van der Waals surface area (Å²) in [5.74, 6) is 0.905. The van der Waals surface area contributed by atoms with Crippen LogP contribution in [0.25, 0.3) is 11.6 Å². The molecule has 3 rings (SSSR count). The quantitative estimate of drug-likeness (QED) is 0.775. The van der Waals surface area contributed by atoms with Gasteiger partial charge in [-0.3, -0.25) is 0 Å². The second-order valence-corrected chi connectivity index (χ2v) is 4.69. The Kier molecular flexibility index (Phi) is 2.94. The van der Waals surface area contributed by atoms with E-state index in [0.717, 1.165) is 5.56 Å². The van der Waals surface area contributed by atoms with Crippen LogP contribution in [0, 0.1) is 13.8 Å². The summed E-state index contributed by atoms with van der Waals surface area (Å²) in [6.45, 7) is 4.11. The van der Waals surface area contributed by atoms with E-state index in [1.54, 1.807) is 0 Å². The number of aryl methyl sites for hydroxylation is 2. The standard InChI is InChI=1S/C13H13N5O2/c1-7-3-8(2)5-9(4-7)6-10-15-13(19-16-10)11-12(14)18-20-17-11/h3-5H,6H2,1-2H3,(H2,14,18). The van der Waals surface area contributed by atoms with Gasteiger partial charge >= 0.3 is 0 Å². The molecule has 2 N–H and O–H groups in total. The van der Waals surface area contributed by atoms with E-state index < -0.39 is 0 Å². The van der Waals surface area contributed by atoms with Gasteiger partial charge in [0, 0.05) is 6.42 Å². The third-order valence-electron chi connectivity index (χ3n) is 2.83. The third-order valence-corrected chi connectivity index (χ3v) is 2.83. The van der Waals surface area contributed by atoms with Crippen LogP contribution < -0.4 is 5.73 Å². The maximum atomic E-state index is 5.58. The van der Waals surface area contributed by atoms with Crippen molar-refractivity contribution in [1.82, 2.24) is 20.5 Å². The average Bonchev–Trinajstić information content (AvgIpc) is 2.96. The average molecular weight is 271 g/mol. The Bertz CT molecular complexity index is 727. The molecule has 0 amide bonds. The van der Waals surface area contributed by atoms with Crippen molar-refractivity contribution in [3.8, 4) is 11.6 Å². The van der Waals surface area contributed by atoms with E-state index in [1.807, 2.05) is 0 Å². The lowest BCUT2D eigenvalue weighted by Crippen LogP contribution is -1.93. The largest absolute Gasteiger partial charge is 0.379 e. The Morgan fingerprint density at radius 1 is 1.05 bits per heavy atom. The van der Waals surface area contributed by atoms with Gasteiger partial charge in [-0.25, -0.2) is 4.63 Å². The van der Waals surface area contributed by atoms with Crippen molar-refractivity contribution in [3.05, 3.63) is 40.7 Å². The summed E-state index contributed by atoms with van der Waals surface area (Å²) in [6.07, 6.45) is 0.581.